The largest absolute Gasteiger partial charge is 0.457 e. The molecular formula is C13H9FN2O. The van der Waals surface area contributed by atoms with Crippen molar-refractivity contribution in [3.8, 4) is 17.6 Å². The second-order valence-electron chi connectivity index (χ2n) is 3.50. The van der Waals surface area contributed by atoms with Crippen LogP contribution in [-0.2, 0) is 0 Å². The van der Waals surface area contributed by atoms with Gasteiger partial charge >= 0.3 is 0 Å². The number of rotatable bonds is 2. The van der Waals surface area contributed by atoms with Gasteiger partial charge in [-0.05, 0) is 36.8 Å². The Morgan fingerprint density at radius 2 is 2.12 bits per heavy atom. The number of ether oxygens (including phenoxy) is 1. The van der Waals surface area contributed by atoms with E-state index in [9.17, 15) is 4.39 Å². The van der Waals surface area contributed by atoms with Gasteiger partial charge in [0, 0.05) is 12.3 Å². The number of hydrogen-bond donors (Lipinski definition) is 0. The molecule has 0 unspecified atom stereocenters. The Morgan fingerprint density at radius 1 is 1.29 bits per heavy atom. The SMILES string of the molecule is Cc1cc(F)ccc1Oc1ccnc(C#N)c1. The van der Waals surface area contributed by atoms with Crippen molar-refractivity contribution >= 4 is 0 Å². The first kappa shape index (κ1) is 11.1. The first-order valence-corrected chi connectivity index (χ1v) is 4.99. The van der Waals surface area contributed by atoms with E-state index >= 15 is 0 Å². The summed E-state index contributed by atoms with van der Waals surface area (Å²) in [7, 11) is 0. The van der Waals surface area contributed by atoms with E-state index in [4.69, 9.17) is 10.00 Å². The summed E-state index contributed by atoms with van der Waals surface area (Å²) in [4.78, 5) is 3.83. The highest BCUT2D eigenvalue weighted by Crippen LogP contribution is 2.25. The third kappa shape index (κ3) is 2.58. The van der Waals surface area contributed by atoms with E-state index in [1.54, 1.807) is 19.1 Å². The molecule has 0 saturated heterocycles. The molecule has 0 radical (unpaired) electrons. The molecule has 0 aliphatic heterocycles. The molecule has 0 bridgehead atoms. The normalized spacial score (nSPS) is 9.71. The molecule has 0 spiro atoms. The molecule has 4 heteroatoms. The molecule has 17 heavy (non-hydrogen) atoms. The second kappa shape index (κ2) is 4.62. The van der Waals surface area contributed by atoms with Crippen molar-refractivity contribution in [3.63, 3.8) is 0 Å². The summed E-state index contributed by atoms with van der Waals surface area (Å²) in [5, 5.41) is 8.70. The van der Waals surface area contributed by atoms with Crippen molar-refractivity contribution in [2.45, 2.75) is 6.92 Å². The Kier molecular flexibility index (Phi) is 3.01. The third-order valence-corrected chi connectivity index (χ3v) is 2.21. The predicted molar refractivity (Wildman–Crippen MR) is 60.2 cm³/mol. The fourth-order valence-corrected chi connectivity index (χ4v) is 1.39. The monoisotopic (exact) mass is 228 g/mol. The Labute approximate surface area is 98.1 Å². The lowest BCUT2D eigenvalue weighted by Crippen LogP contribution is -1.90. The lowest BCUT2D eigenvalue weighted by molar-refractivity contribution is 0.475. The summed E-state index contributed by atoms with van der Waals surface area (Å²) >= 11 is 0. The number of pyridine rings is 1. The van der Waals surface area contributed by atoms with Crippen molar-refractivity contribution < 1.29 is 9.13 Å². The predicted octanol–water partition coefficient (Wildman–Crippen LogP) is 3.19. The highest BCUT2D eigenvalue weighted by Gasteiger charge is 2.03. The minimum absolute atomic E-state index is 0.280. The number of nitrogens with zero attached hydrogens (tertiary/aromatic N) is 2. The van der Waals surface area contributed by atoms with Crippen LogP contribution in [0, 0.1) is 24.1 Å². The summed E-state index contributed by atoms with van der Waals surface area (Å²) in [6, 6.07) is 9.37. The van der Waals surface area contributed by atoms with Crippen LogP contribution >= 0.6 is 0 Å². The van der Waals surface area contributed by atoms with Crippen molar-refractivity contribution in [1.29, 1.82) is 5.26 Å². The molecule has 0 N–H and O–H groups in total. The summed E-state index contributed by atoms with van der Waals surface area (Å²) in [6.45, 7) is 1.75. The molecule has 0 fully saturated rings. The van der Waals surface area contributed by atoms with Gasteiger partial charge in [-0.15, -0.1) is 0 Å². The average Bonchev–Trinajstić information content (AvgIpc) is 2.33. The van der Waals surface area contributed by atoms with E-state index in [0.717, 1.165) is 0 Å². The lowest BCUT2D eigenvalue weighted by atomic mass is 10.2. The molecule has 0 amide bonds. The van der Waals surface area contributed by atoms with Crippen molar-refractivity contribution in [1.82, 2.24) is 4.98 Å². The van der Waals surface area contributed by atoms with Crippen molar-refractivity contribution in [2.75, 3.05) is 0 Å². The maximum absolute atomic E-state index is 12.9. The molecule has 84 valence electrons. The zero-order valence-electron chi connectivity index (χ0n) is 9.14. The smallest absolute Gasteiger partial charge is 0.144 e. The number of hydrogen-bond acceptors (Lipinski definition) is 3. The van der Waals surface area contributed by atoms with Crippen LogP contribution < -0.4 is 4.74 Å². The Bertz CT molecular complexity index is 590. The highest BCUT2D eigenvalue weighted by atomic mass is 19.1. The Balaban J connectivity index is 2.28. The zero-order chi connectivity index (χ0) is 12.3. The molecule has 0 atom stereocenters. The molecule has 2 aromatic rings. The van der Waals surface area contributed by atoms with Gasteiger partial charge in [-0.1, -0.05) is 0 Å². The number of nitriles is 1. The molecule has 0 aliphatic carbocycles. The minimum Gasteiger partial charge on any atom is -0.457 e. The zero-order valence-corrected chi connectivity index (χ0v) is 9.14. The van der Waals surface area contributed by atoms with Crippen molar-refractivity contribution in [2.24, 2.45) is 0 Å². The summed E-state index contributed by atoms with van der Waals surface area (Å²) in [6.07, 6.45) is 1.49. The van der Waals surface area contributed by atoms with Gasteiger partial charge in [-0.3, -0.25) is 0 Å². The minimum atomic E-state index is -0.303. The van der Waals surface area contributed by atoms with Crippen LogP contribution in [-0.4, -0.2) is 4.98 Å². The second-order valence-corrected chi connectivity index (χ2v) is 3.50. The Morgan fingerprint density at radius 3 is 2.82 bits per heavy atom. The van der Waals surface area contributed by atoms with Gasteiger partial charge in [-0.25, -0.2) is 9.37 Å². The number of benzene rings is 1. The molecule has 1 aromatic heterocycles. The van der Waals surface area contributed by atoms with Gasteiger partial charge in [0.2, 0.25) is 0 Å². The molecule has 1 heterocycles. The average molecular weight is 228 g/mol. The van der Waals surface area contributed by atoms with E-state index < -0.39 is 0 Å². The first-order chi connectivity index (χ1) is 8.19. The maximum atomic E-state index is 12.9. The topological polar surface area (TPSA) is 45.9 Å². The van der Waals surface area contributed by atoms with Crippen LogP contribution in [0.2, 0.25) is 0 Å². The standard InChI is InChI=1S/C13H9FN2O/c1-9-6-10(14)2-3-13(9)17-12-4-5-16-11(7-12)8-15/h2-7H,1H3. The van der Waals surface area contributed by atoms with Gasteiger partial charge in [0.15, 0.2) is 0 Å². The molecule has 2 rings (SSSR count). The van der Waals surface area contributed by atoms with Crippen LogP contribution in [0.5, 0.6) is 11.5 Å². The third-order valence-electron chi connectivity index (χ3n) is 2.21. The van der Waals surface area contributed by atoms with E-state index in [1.165, 1.54) is 24.4 Å². The number of halogens is 1. The summed E-state index contributed by atoms with van der Waals surface area (Å²) < 4.78 is 18.4. The van der Waals surface area contributed by atoms with E-state index in [0.29, 0.717) is 17.1 Å². The quantitative estimate of drug-likeness (QED) is 0.792. The first-order valence-electron chi connectivity index (χ1n) is 4.99. The summed E-state index contributed by atoms with van der Waals surface area (Å²) in [5.41, 5.74) is 0.975. The lowest BCUT2D eigenvalue weighted by Gasteiger charge is -2.08. The molecule has 0 saturated carbocycles. The Hall–Kier alpha value is -2.41. The molecular weight excluding hydrogens is 219 g/mol. The van der Waals surface area contributed by atoms with Gasteiger partial charge in [0.05, 0.1) is 0 Å². The maximum Gasteiger partial charge on any atom is 0.144 e. The van der Waals surface area contributed by atoms with E-state index in [1.807, 2.05) is 6.07 Å². The summed E-state index contributed by atoms with van der Waals surface area (Å²) in [5.74, 6) is 0.759. The van der Waals surface area contributed by atoms with Gasteiger partial charge in [0.1, 0.15) is 29.1 Å². The van der Waals surface area contributed by atoms with Crippen molar-refractivity contribution in [3.05, 3.63) is 53.6 Å². The van der Waals surface area contributed by atoms with Crippen LogP contribution in [0.3, 0.4) is 0 Å². The van der Waals surface area contributed by atoms with Gasteiger partial charge < -0.3 is 4.74 Å². The number of aryl methyl sites for hydroxylation is 1. The van der Waals surface area contributed by atoms with Gasteiger partial charge in [0.25, 0.3) is 0 Å². The van der Waals surface area contributed by atoms with Gasteiger partial charge in [-0.2, -0.15) is 5.26 Å². The van der Waals surface area contributed by atoms with E-state index in [2.05, 4.69) is 4.98 Å². The molecule has 3 nitrogen and oxygen atoms in total. The fraction of sp³-hybridized carbons (Fsp3) is 0.0769. The van der Waals surface area contributed by atoms with Crippen LogP contribution in [0.15, 0.2) is 36.5 Å². The number of aromatic nitrogens is 1. The van der Waals surface area contributed by atoms with E-state index in [-0.39, 0.29) is 11.5 Å². The highest BCUT2D eigenvalue weighted by molar-refractivity contribution is 5.38. The van der Waals surface area contributed by atoms with Crippen LogP contribution in [0.1, 0.15) is 11.3 Å². The molecule has 0 aliphatic rings. The van der Waals surface area contributed by atoms with Crippen LogP contribution in [0.25, 0.3) is 0 Å². The fourth-order valence-electron chi connectivity index (χ4n) is 1.39. The molecule has 1 aromatic carbocycles. The van der Waals surface area contributed by atoms with Crippen LogP contribution in [0.4, 0.5) is 4.39 Å².